The van der Waals surface area contributed by atoms with Gasteiger partial charge in [0.25, 0.3) is 0 Å². The van der Waals surface area contributed by atoms with Gasteiger partial charge in [0, 0.05) is 13.1 Å². The van der Waals surface area contributed by atoms with Crippen molar-refractivity contribution in [3.8, 4) is 0 Å². The third-order valence-corrected chi connectivity index (χ3v) is 5.75. The molecule has 1 aromatic carbocycles. The first-order valence-corrected chi connectivity index (χ1v) is 8.10. The van der Waals surface area contributed by atoms with Crippen LogP contribution in [0, 0.1) is 12.8 Å². The van der Waals surface area contributed by atoms with Gasteiger partial charge in [-0.1, -0.05) is 17.7 Å². The number of piperidine rings is 1. The smallest absolute Gasteiger partial charge is 0.243 e. The molecule has 1 heterocycles. The molecule has 1 unspecified atom stereocenters. The van der Waals surface area contributed by atoms with Crippen molar-refractivity contribution in [1.29, 1.82) is 0 Å². The highest BCUT2D eigenvalue weighted by molar-refractivity contribution is 7.89. The van der Waals surface area contributed by atoms with E-state index in [1.807, 2.05) is 19.1 Å². The molecule has 0 saturated carbocycles. The molecule has 1 N–H and O–H groups in total. The Bertz CT molecular complexity index is 514. The van der Waals surface area contributed by atoms with Crippen molar-refractivity contribution < 1.29 is 13.5 Å². The molecule has 19 heavy (non-hydrogen) atoms. The van der Waals surface area contributed by atoms with Gasteiger partial charge in [-0.05, 0) is 44.7 Å². The Hall–Kier alpha value is -0.910. The van der Waals surface area contributed by atoms with Crippen molar-refractivity contribution in [1.82, 2.24) is 4.31 Å². The first-order chi connectivity index (χ1) is 8.91. The number of aliphatic hydroxyl groups excluding tert-OH is 1. The quantitative estimate of drug-likeness (QED) is 0.920. The Labute approximate surface area is 115 Å². The van der Waals surface area contributed by atoms with Crippen LogP contribution < -0.4 is 0 Å². The molecule has 1 fully saturated rings. The summed E-state index contributed by atoms with van der Waals surface area (Å²) in [6, 6.07) is 6.95. The number of aryl methyl sites for hydroxylation is 1. The zero-order valence-electron chi connectivity index (χ0n) is 11.4. The molecule has 4 nitrogen and oxygen atoms in total. The van der Waals surface area contributed by atoms with Gasteiger partial charge in [-0.2, -0.15) is 4.31 Å². The second-order valence-electron chi connectivity index (χ2n) is 5.30. The van der Waals surface area contributed by atoms with Crippen LogP contribution in [0.1, 0.15) is 25.3 Å². The first-order valence-electron chi connectivity index (χ1n) is 6.66. The molecule has 5 heteroatoms. The maximum Gasteiger partial charge on any atom is 0.243 e. The second kappa shape index (κ2) is 5.61. The Morgan fingerprint density at radius 2 is 1.74 bits per heavy atom. The first kappa shape index (κ1) is 14.5. The maximum absolute atomic E-state index is 12.4. The highest BCUT2D eigenvalue weighted by Crippen LogP contribution is 2.25. The normalized spacial score (nSPS) is 20.4. The lowest BCUT2D eigenvalue weighted by molar-refractivity contribution is 0.0912. The fraction of sp³-hybridized carbons (Fsp3) is 0.571. The molecule has 0 aromatic heterocycles. The van der Waals surface area contributed by atoms with Crippen LogP contribution in [0.5, 0.6) is 0 Å². The minimum Gasteiger partial charge on any atom is -0.393 e. The lowest BCUT2D eigenvalue weighted by atomic mass is 9.93. The van der Waals surface area contributed by atoms with E-state index in [-0.39, 0.29) is 12.0 Å². The molecule has 1 saturated heterocycles. The lowest BCUT2D eigenvalue weighted by Crippen LogP contribution is -2.40. The summed E-state index contributed by atoms with van der Waals surface area (Å²) in [4.78, 5) is 0.355. The summed E-state index contributed by atoms with van der Waals surface area (Å²) in [6.45, 7) is 4.69. The van der Waals surface area contributed by atoms with Gasteiger partial charge in [0.2, 0.25) is 10.0 Å². The van der Waals surface area contributed by atoms with Gasteiger partial charge in [0.15, 0.2) is 0 Å². The summed E-state index contributed by atoms with van der Waals surface area (Å²) >= 11 is 0. The fourth-order valence-electron chi connectivity index (χ4n) is 2.46. The van der Waals surface area contributed by atoms with Gasteiger partial charge in [0.1, 0.15) is 0 Å². The van der Waals surface area contributed by atoms with Crippen LogP contribution in [0.15, 0.2) is 29.2 Å². The Morgan fingerprint density at radius 3 is 2.21 bits per heavy atom. The van der Waals surface area contributed by atoms with Crippen LogP contribution in [0.4, 0.5) is 0 Å². The van der Waals surface area contributed by atoms with Crippen LogP contribution >= 0.6 is 0 Å². The van der Waals surface area contributed by atoms with E-state index in [2.05, 4.69) is 0 Å². The summed E-state index contributed by atoms with van der Waals surface area (Å²) in [5.74, 6) is 0.212. The van der Waals surface area contributed by atoms with Gasteiger partial charge in [-0.3, -0.25) is 0 Å². The molecular weight excluding hydrogens is 262 g/mol. The third-order valence-electron chi connectivity index (χ3n) is 3.84. The molecule has 0 spiro atoms. The number of hydrogen-bond acceptors (Lipinski definition) is 3. The zero-order valence-corrected chi connectivity index (χ0v) is 12.2. The fourth-order valence-corrected chi connectivity index (χ4v) is 3.93. The zero-order chi connectivity index (χ0) is 14.0. The number of nitrogens with zero attached hydrogens (tertiary/aromatic N) is 1. The molecule has 0 bridgehead atoms. The van der Waals surface area contributed by atoms with Crippen molar-refractivity contribution in [2.24, 2.45) is 5.92 Å². The topological polar surface area (TPSA) is 57.6 Å². The molecule has 2 rings (SSSR count). The maximum atomic E-state index is 12.4. The molecule has 0 aliphatic carbocycles. The van der Waals surface area contributed by atoms with Crippen molar-refractivity contribution in [2.75, 3.05) is 13.1 Å². The third kappa shape index (κ3) is 3.16. The Morgan fingerprint density at radius 1 is 1.21 bits per heavy atom. The summed E-state index contributed by atoms with van der Waals surface area (Å²) in [5.41, 5.74) is 1.05. The molecule has 106 valence electrons. The number of rotatable bonds is 3. The van der Waals surface area contributed by atoms with E-state index in [0.717, 1.165) is 18.4 Å². The predicted molar refractivity (Wildman–Crippen MR) is 74.3 cm³/mol. The van der Waals surface area contributed by atoms with E-state index in [9.17, 15) is 13.5 Å². The molecule has 1 aliphatic rings. The van der Waals surface area contributed by atoms with Crippen LogP contribution in [0.2, 0.25) is 0 Å². The van der Waals surface area contributed by atoms with E-state index < -0.39 is 10.0 Å². The summed E-state index contributed by atoms with van der Waals surface area (Å²) in [5, 5.41) is 9.55. The van der Waals surface area contributed by atoms with Crippen LogP contribution in [0.25, 0.3) is 0 Å². The number of aliphatic hydroxyl groups is 1. The average Bonchev–Trinajstić information content (AvgIpc) is 2.39. The van der Waals surface area contributed by atoms with E-state index in [0.29, 0.717) is 18.0 Å². The minimum atomic E-state index is -3.38. The molecule has 0 radical (unpaired) electrons. The monoisotopic (exact) mass is 283 g/mol. The standard InChI is InChI=1S/C14H21NO3S/c1-11-3-5-14(6-4-11)19(17,18)15-9-7-13(8-10-15)12(2)16/h3-6,12-13,16H,7-10H2,1-2H3. The van der Waals surface area contributed by atoms with Gasteiger partial charge in [0.05, 0.1) is 11.0 Å². The summed E-state index contributed by atoms with van der Waals surface area (Å²) in [7, 11) is -3.38. The summed E-state index contributed by atoms with van der Waals surface area (Å²) < 4.78 is 26.4. The van der Waals surface area contributed by atoms with Gasteiger partial charge in [-0.25, -0.2) is 8.42 Å². The van der Waals surface area contributed by atoms with Gasteiger partial charge >= 0.3 is 0 Å². The van der Waals surface area contributed by atoms with Gasteiger partial charge in [-0.15, -0.1) is 0 Å². The Kier molecular flexibility index (Phi) is 4.28. The average molecular weight is 283 g/mol. The molecular formula is C14H21NO3S. The van der Waals surface area contributed by atoms with E-state index in [4.69, 9.17) is 0 Å². The number of hydrogen-bond donors (Lipinski definition) is 1. The highest BCUT2D eigenvalue weighted by atomic mass is 32.2. The molecule has 1 atom stereocenters. The number of sulfonamides is 1. The Balaban J connectivity index is 2.12. The molecule has 1 aliphatic heterocycles. The summed E-state index contributed by atoms with van der Waals surface area (Å²) in [6.07, 6.45) is 1.09. The molecule has 0 amide bonds. The second-order valence-corrected chi connectivity index (χ2v) is 7.23. The highest BCUT2D eigenvalue weighted by Gasteiger charge is 2.30. The van der Waals surface area contributed by atoms with Gasteiger partial charge < -0.3 is 5.11 Å². The lowest BCUT2D eigenvalue weighted by Gasteiger charge is -2.32. The predicted octanol–water partition coefficient (Wildman–Crippen LogP) is 1.78. The number of benzene rings is 1. The minimum absolute atomic E-state index is 0.212. The van der Waals surface area contributed by atoms with Crippen LogP contribution in [-0.2, 0) is 10.0 Å². The SMILES string of the molecule is Cc1ccc(S(=O)(=O)N2CCC(C(C)O)CC2)cc1. The van der Waals surface area contributed by atoms with E-state index >= 15 is 0 Å². The van der Waals surface area contributed by atoms with Crippen molar-refractivity contribution >= 4 is 10.0 Å². The van der Waals surface area contributed by atoms with E-state index in [1.165, 1.54) is 4.31 Å². The van der Waals surface area contributed by atoms with Crippen LogP contribution in [-0.4, -0.2) is 37.0 Å². The largest absolute Gasteiger partial charge is 0.393 e. The van der Waals surface area contributed by atoms with E-state index in [1.54, 1.807) is 19.1 Å². The van der Waals surface area contributed by atoms with Crippen molar-refractivity contribution in [3.63, 3.8) is 0 Å². The van der Waals surface area contributed by atoms with Crippen molar-refractivity contribution in [2.45, 2.75) is 37.7 Å². The van der Waals surface area contributed by atoms with Crippen LogP contribution in [0.3, 0.4) is 0 Å². The van der Waals surface area contributed by atoms with Crippen molar-refractivity contribution in [3.05, 3.63) is 29.8 Å². The molecule has 1 aromatic rings.